The van der Waals surface area contributed by atoms with Gasteiger partial charge in [-0.05, 0) is 24.1 Å². The van der Waals surface area contributed by atoms with Gasteiger partial charge >= 0.3 is 0 Å². The van der Waals surface area contributed by atoms with Gasteiger partial charge in [-0.25, -0.2) is 4.98 Å². The number of methoxy groups -OCH3 is 1. The van der Waals surface area contributed by atoms with Crippen molar-refractivity contribution in [3.05, 3.63) is 34.2 Å². The first-order valence-electron chi connectivity index (χ1n) is 5.60. The number of rotatable bonds is 4. The lowest BCUT2D eigenvalue weighted by Gasteiger charge is -2.08. The van der Waals surface area contributed by atoms with Gasteiger partial charge in [-0.1, -0.05) is 13.0 Å². The second-order valence-electron chi connectivity index (χ2n) is 3.72. The van der Waals surface area contributed by atoms with Crippen LogP contribution in [0.4, 0.5) is 0 Å². The summed E-state index contributed by atoms with van der Waals surface area (Å²) in [5, 5.41) is 2.98. The lowest BCUT2D eigenvalue weighted by molar-refractivity contribution is 0.416. The van der Waals surface area contributed by atoms with Crippen LogP contribution in [0.5, 0.6) is 5.75 Å². The average molecular weight is 248 g/mol. The molecule has 0 aliphatic heterocycles. The maximum absolute atomic E-state index is 5.58. The first-order chi connectivity index (χ1) is 8.28. The first kappa shape index (κ1) is 12.1. The van der Waals surface area contributed by atoms with E-state index in [1.54, 1.807) is 18.4 Å². The van der Waals surface area contributed by atoms with Crippen molar-refractivity contribution in [3.63, 3.8) is 0 Å². The first-order valence-corrected chi connectivity index (χ1v) is 6.48. The summed E-state index contributed by atoms with van der Waals surface area (Å²) in [4.78, 5) is 4.50. The summed E-state index contributed by atoms with van der Waals surface area (Å²) >= 11 is 1.59. The minimum atomic E-state index is 0.487. The van der Waals surface area contributed by atoms with Crippen LogP contribution in [0.1, 0.15) is 17.5 Å². The molecule has 17 heavy (non-hydrogen) atoms. The highest BCUT2D eigenvalue weighted by atomic mass is 32.1. The Kier molecular flexibility index (Phi) is 3.76. The summed E-state index contributed by atoms with van der Waals surface area (Å²) in [6.07, 6.45) is 1.00. The molecule has 2 aromatic rings. The second kappa shape index (κ2) is 5.29. The van der Waals surface area contributed by atoms with E-state index < -0.39 is 0 Å². The van der Waals surface area contributed by atoms with Crippen molar-refractivity contribution in [1.82, 2.24) is 4.98 Å². The molecule has 3 nitrogen and oxygen atoms in total. The van der Waals surface area contributed by atoms with Crippen LogP contribution in [-0.4, -0.2) is 12.1 Å². The number of ether oxygens (including phenoxy) is 1. The third kappa shape index (κ3) is 2.48. The Morgan fingerprint density at radius 1 is 1.41 bits per heavy atom. The highest BCUT2D eigenvalue weighted by molar-refractivity contribution is 7.09. The number of nitrogens with zero attached hydrogens (tertiary/aromatic N) is 1. The third-order valence-electron chi connectivity index (χ3n) is 2.67. The van der Waals surface area contributed by atoms with Gasteiger partial charge in [-0.2, -0.15) is 0 Å². The molecule has 0 fully saturated rings. The van der Waals surface area contributed by atoms with Gasteiger partial charge in [0.15, 0.2) is 0 Å². The number of hydrogen-bond donors (Lipinski definition) is 1. The van der Waals surface area contributed by atoms with E-state index in [0.29, 0.717) is 6.54 Å². The highest BCUT2D eigenvalue weighted by Crippen LogP contribution is 2.31. The molecule has 1 heterocycles. The molecule has 0 unspecified atom stereocenters. The number of benzene rings is 1. The summed E-state index contributed by atoms with van der Waals surface area (Å²) in [6, 6.07) is 6.21. The minimum absolute atomic E-state index is 0.487. The van der Waals surface area contributed by atoms with E-state index in [2.05, 4.69) is 24.0 Å². The van der Waals surface area contributed by atoms with Crippen LogP contribution in [-0.2, 0) is 13.0 Å². The van der Waals surface area contributed by atoms with E-state index in [1.165, 1.54) is 5.56 Å². The molecule has 4 heteroatoms. The second-order valence-corrected chi connectivity index (χ2v) is 4.66. The fraction of sp³-hybridized carbons (Fsp3) is 0.308. The summed E-state index contributed by atoms with van der Waals surface area (Å²) in [5.41, 5.74) is 8.86. The number of hydrogen-bond acceptors (Lipinski definition) is 4. The summed E-state index contributed by atoms with van der Waals surface area (Å²) in [6.45, 7) is 2.62. The Labute approximate surface area is 105 Å². The lowest BCUT2D eigenvalue weighted by atomic mass is 10.1. The third-order valence-corrected chi connectivity index (χ3v) is 3.55. The van der Waals surface area contributed by atoms with E-state index in [-0.39, 0.29) is 0 Å². The van der Waals surface area contributed by atoms with Crippen LogP contribution in [0.3, 0.4) is 0 Å². The van der Waals surface area contributed by atoms with Gasteiger partial charge in [0.2, 0.25) is 0 Å². The molecular weight excluding hydrogens is 232 g/mol. The Hall–Kier alpha value is -1.39. The monoisotopic (exact) mass is 248 g/mol. The van der Waals surface area contributed by atoms with Crippen molar-refractivity contribution < 1.29 is 4.74 Å². The topological polar surface area (TPSA) is 48.1 Å². The quantitative estimate of drug-likeness (QED) is 0.905. The SMILES string of the molecule is CCc1ccc(OC)c(-c2csc(CN)n2)c1. The zero-order valence-electron chi connectivity index (χ0n) is 10.1. The minimum Gasteiger partial charge on any atom is -0.496 e. The normalized spacial score (nSPS) is 10.5. The fourth-order valence-corrected chi connectivity index (χ4v) is 2.38. The van der Waals surface area contributed by atoms with Gasteiger partial charge < -0.3 is 10.5 Å². The molecule has 0 saturated carbocycles. The maximum atomic E-state index is 5.58. The van der Waals surface area contributed by atoms with Gasteiger partial charge in [0.05, 0.1) is 12.8 Å². The molecular formula is C13H16N2OS. The summed E-state index contributed by atoms with van der Waals surface area (Å²) in [5.74, 6) is 0.857. The van der Waals surface area contributed by atoms with Crippen LogP contribution in [0.15, 0.2) is 23.6 Å². The molecule has 0 bridgehead atoms. The molecule has 1 aromatic heterocycles. The number of thiazole rings is 1. The predicted octanol–water partition coefficient (Wildman–Crippen LogP) is 2.84. The van der Waals surface area contributed by atoms with Crippen molar-refractivity contribution >= 4 is 11.3 Å². The molecule has 0 radical (unpaired) electrons. The van der Waals surface area contributed by atoms with Crippen molar-refractivity contribution in [3.8, 4) is 17.0 Å². The number of aromatic nitrogens is 1. The molecule has 0 atom stereocenters. The smallest absolute Gasteiger partial charge is 0.128 e. The van der Waals surface area contributed by atoms with E-state index in [9.17, 15) is 0 Å². The maximum Gasteiger partial charge on any atom is 0.128 e. The van der Waals surface area contributed by atoms with E-state index >= 15 is 0 Å². The van der Waals surface area contributed by atoms with Crippen LogP contribution in [0, 0.1) is 0 Å². The molecule has 0 saturated heterocycles. The van der Waals surface area contributed by atoms with Crippen LogP contribution in [0.25, 0.3) is 11.3 Å². The van der Waals surface area contributed by atoms with Crippen LogP contribution < -0.4 is 10.5 Å². The number of nitrogens with two attached hydrogens (primary N) is 1. The Bertz CT molecular complexity index is 508. The van der Waals surface area contributed by atoms with Gasteiger partial charge in [-0.3, -0.25) is 0 Å². The standard InChI is InChI=1S/C13H16N2OS/c1-3-9-4-5-12(16-2)10(6-9)11-8-17-13(7-14)15-11/h4-6,8H,3,7,14H2,1-2H3. The zero-order valence-corrected chi connectivity index (χ0v) is 10.9. The Morgan fingerprint density at radius 2 is 2.24 bits per heavy atom. The van der Waals surface area contributed by atoms with E-state index in [0.717, 1.165) is 28.4 Å². The molecule has 2 N–H and O–H groups in total. The molecule has 0 spiro atoms. The van der Waals surface area contributed by atoms with Crippen molar-refractivity contribution in [1.29, 1.82) is 0 Å². The molecule has 1 aromatic carbocycles. The van der Waals surface area contributed by atoms with E-state index in [4.69, 9.17) is 10.5 Å². The Balaban J connectivity index is 2.47. The summed E-state index contributed by atoms with van der Waals surface area (Å²) in [7, 11) is 1.68. The van der Waals surface area contributed by atoms with Crippen molar-refractivity contribution in [2.24, 2.45) is 5.73 Å². The predicted molar refractivity (Wildman–Crippen MR) is 71.4 cm³/mol. The van der Waals surface area contributed by atoms with Crippen LogP contribution in [0.2, 0.25) is 0 Å². The molecule has 90 valence electrons. The van der Waals surface area contributed by atoms with Gasteiger partial charge in [0, 0.05) is 17.5 Å². The summed E-state index contributed by atoms with van der Waals surface area (Å²) < 4.78 is 5.38. The zero-order chi connectivity index (χ0) is 12.3. The van der Waals surface area contributed by atoms with E-state index in [1.807, 2.05) is 11.4 Å². The Morgan fingerprint density at radius 3 is 2.82 bits per heavy atom. The van der Waals surface area contributed by atoms with Gasteiger partial charge in [0.1, 0.15) is 10.8 Å². The largest absolute Gasteiger partial charge is 0.496 e. The molecule has 0 amide bonds. The molecule has 0 aliphatic carbocycles. The van der Waals surface area contributed by atoms with Crippen LogP contribution >= 0.6 is 11.3 Å². The molecule has 0 aliphatic rings. The number of aryl methyl sites for hydroxylation is 1. The van der Waals surface area contributed by atoms with Gasteiger partial charge in [0.25, 0.3) is 0 Å². The van der Waals surface area contributed by atoms with Crippen molar-refractivity contribution in [2.75, 3.05) is 7.11 Å². The van der Waals surface area contributed by atoms with Crippen molar-refractivity contribution in [2.45, 2.75) is 19.9 Å². The van der Waals surface area contributed by atoms with Gasteiger partial charge in [-0.15, -0.1) is 11.3 Å². The highest BCUT2D eigenvalue weighted by Gasteiger charge is 2.10. The lowest BCUT2D eigenvalue weighted by Crippen LogP contribution is -1.95. The molecule has 2 rings (SSSR count). The average Bonchev–Trinajstić information content (AvgIpc) is 2.86. The fourth-order valence-electron chi connectivity index (χ4n) is 1.70.